The molecule has 1 atom stereocenters. The van der Waals surface area contributed by atoms with Crippen molar-refractivity contribution in [2.45, 2.75) is 19.4 Å². The molecule has 0 saturated heterocycles. The quantitative estimate of drug-likeness (QED) is 0.665. The number of aromatic amines is 1. The summed E-state index contributed by atoms with van der Waals surface area (Å²) in [5.41, 5.74) is 7.31. The van der Waals surface area contributed by atoms with E-state index >= 15 is 0 Å². The van der Waals surface area contributed by atoms with Crippen LogP contribution in [0.15, 0.2) is 12.3 Å². The molecule has 3 heteroatoms. The molecule has 0 aliphatic heterocycles. The van der Waals surface area contributed by atoms with Crippen LogP contribution in [0.1, 0.15) is 30.6 Å². The molecule has 1 aromatic rings. The van der Waals surface area contributed by atoms with E-state index in [2.05, 4.69) is 4.98 Å². The monoisotopic (exact) mass is 149 g/mol. The first-order valence-electron chi connectivity index (χ1n) is 3.62. The van der Waals surface area contributed by atoms with E-state index in [0.29, 0.717) is 5.69 Å². The summed E-state index contributed by atoms with van der Waals surface area (Å²) in [5, 5.41) is 8.48. The number of nitriles is 1. The van der Waals surface area contributed by atoms with Crippen LogP contribution >= 0.6 is 0 Å². The second-order valence-corrected chi connectivity index (χ2v) is 2.47. The van der Waals surface area contributed by atoms with Crippen LogP contribution in [0.4, 0.5) is 0 Å². The minimum atomic E-state index is 0.0494. The van der Waals surface area contributed by atoms with Gasteiger partial charge in [0.2, 0.25) is 0 Å². The summed E-state index contributed by atoms with van der Waals surface area (Å²) in [5.74, 6) is 0. The van der Waals surface area contributed by atoms with Crippen LogP contribution in [0.2, 0.25) is 0 Å². The lowest BCUT2D eigenvalue weighted by Gasteiger charge is -2.03. The fraction of sp³-hybridized carbons (Fsp3) is 0.375. The van der Waals surface area contributed by atoms with Crippen molar-refractivity contribution in [2.75, 3.05) is 0 Å². The SMILES string of the molecule is CCC(N)c1c[nH]c(C#N)c1. The Balaban J connectivity index is 2.82. The number of hydrogen-bond acceptors (Lipinski definition) is 2. The van der Waals surface area contributed by atoms with Gasteiger partial charge in [0, 0.05) is 12.2 Å². The molecule has 0 fully saturated rings. The molecule has 0 saturated carbocycles. The summed E-state index contributed by atoms with van der Waals surface area (Å²) in [6.45, 7) is 2.02. The van der Waals surface area contributed by atoms with E-state index in [4.69, 9.17) is 11.0 Å². The largest absolute Gasteiger partial charge is 0.353 e. The van der Waals surface area contributed by atoms with E-state index in [1.807, 2.05) is 13.0 Å². The van der Waals surface area contributed by atoms with Crippen molar-refractivity contribution in [2.24, 2.45) is 5.73 Å². The summed E-state index contributed by atoms with van der Waals surface area (Å²) in [7, 11) is 0. The molecular formula is C8H11N3. The highest BCUT2D eigenvalue weighted by atomic mass is 14.7. The fourth-order valence-corrected chi connectivity index (χ4v) is 0.925. The van der Waals surface area contributed by atoms with Gasteiger partial charge in [-0.1, -0.05) is 6.92 Å². The van der Waals surface area contributed by atoms with Crippen LogP contribution in [-0.4, -0.2) is 4.98 Å². The zero-order chi connectivity index (χ0) is 8.27. The molecule has 3 N–H and O–H groups in total. The third-order valence-electron chi connectivity index (χ3n) is 1.69. The van der Waals surface area contributed by atoms with Gasteiger partial charge in [-0.2, -0.15) is 5.26 Å². The number of nitrogens with zero attached hydrogens (tertiary/aromatic N) is 1. The van der Waals surface area contributed by atoms with Crippen LogP contribution in [0.3, 0.4) is 0 Å². The van der Waals surface area contributed by atoms with E-state index < -0.39 is 0 Å². The van der Waals surface area contributed by atoms with E-state index in [0.717, 1.165) is 12.0 Å². The topological polar surface area (TPSA) is 65.6 Å². The predicted octanol–water partition coefficient (Wildman–Crippen LogP) is 1.30. The molecule has 58 valence electrons. The third kappa shape index (κ3) is 1.60. The van der Waals surface area contributed by atoms with Crippen molar-refractivity contribution in [3.05, 3.63) is 23.5 Å². The zero-order valence-electron chi connectivity index (χ0n) is 6.46. The second kappa shape index (κ2) is 3.22. The molecule has 1 rings (SSSR count). The van der Waals surface area contributed by atoms with Crippen molar-refractivity contribution in [3.63, 3.8) is 0 Å². The lowest BCUT2D eigenvalue weighted by Crippen LogP contribution is -2.06. The number of hydrogen-bond donors (Lipinski definition) is 2. The highest BCUT2D eigenvalue weighted by Gasteiger charge is 2.04. The van der Waals surface area contributed by atoms with E-state index in [9.17, 15) is 0 Å². The van der Waals surface area contributed by atoms with Crippen LogP contribution < -0.4 is 5.73 Å². The van der Waals surface area contributed by atoms with Gasteiger partial charge in [-0.3, -0.25) is 0 Å². The Morgan fingerprint density at radius 3 is 3.00 bits per heavy atom. The highest BCUT2D eigenvalue weighted by Crippen LogP contribution is 2.13. The van der Waals surface area contributed by atoms with Crippen molar-refractivity contribution < 1.29 is 0 Å². The van der Waals surface area contributed by atoms with Gasteiger partial charge in [0.05, 0.1) is 0 Å². The molecule has 0 aliphatic rings. The maximum absolute atomic E-state index is 8.48. The van der Waals surface area contributed by atoms with Gasteiger partial charge < -0.3 is 10.7 Å². The average Bonchev–Trinajstić information content (AvgIpc) is 2.50. The molecule has 0 aromatic carbocycles. The molecule has 0 amide bonds. The van der Waals surface area contributed by atoms with Gasteiger partial charge in [0.15, 0.2) is 0 Å². The fourth-order valence-electron chi connectivity index (χ4n) is 0.925. The molecule has 0 aliphatic carbocycles. The summed E-state index contributed by atoms with van der Waals surface area (Å²) in [6.07, 6.45) is 2.68. The highest BCUT2D eigenvalue weighted by molar-refractivity contribution is 5.28. The standard InChI is InChI=1S/C8H11N3/c1-2-8(10)6-3-7(4-9)11-5-6/h3,5,8,11H,2,10H2,1H3. The minimum Gasteiger partial charge on any atom is -0.353 e. The Morgan fingerprint density at radius 2 is 2.55 bits per heavy atom. The Kier molecular flexibility index (Phi) is 2.29. The number of aromatic nitrogens is 1. The average molecular weight is 149 g/mol. The maximum atomic E-state index is 8.48. The van der Waals surface area contributed by atoms with Crippen LogP contribution in [0, 0.1) is 11.3 Å². The lowest BCUT2D eigenvalue weighted by molar-refractivity contribution is 0.700. The third-order valence-corrected chi connectivity index (χ3v) is 1.69. The number of nitrogens with two attached hydrogens (primary N) is 1. The molecule has 1 aromatic heterocycles. The first kappa shape index (κ1) is 7.83. The maximum Gasteiger partial charge on any atom is 0.117 e. The van der Waals surface area contributed by atoms with E-state index in [1.165, 1.54) is 0 Å². The van der Waals surface area contributed by atoms with Crippen molar-refractivity contribution >= 4 is 0 Å². The smallest absolute Gasteiger partial charge is 0.117 e. The Hall–Kier alpha value is -1.27. The molecule has 0 bridgehead atoms. The zero-order valence-corrected chi connectivity index (χ0v) is 6.46. The summed E-state index contributed by atoms with van der Waals surface area (Å²) < 4.78 is 0. The Morgan fingerprint density at radius 1 is 1.82 bits per heavy atom. The lowest BCUT2D eigenvalue weighted by atomic mass is 10.1. The van der Waals surface area contributed by atoms with Crippen molar-refractivity contribution in [3.8, 4) is 6.07 Å². The molecule has 0 radical (unpaired) electrons. The van der Waals surface area contributed by atoms with Gasteiger partial charge in [-0.25, -0.2) is 0 Å². The number of rotatable bonds is 2. The molecule has 11 heavy (non-hydrogen) atoms. The van der Waals surface area contributed by atoms with Crippen LogP contribution in [0.25, 0.3) is 0 Å². The van der Waals surface area contributed by atoms with Gasteiger partial charge in [-0.15, -0.1) is 0 Å². The summed E-state index contributed by atoms with van der Waals surface area (Å²) >= 11 is 0. The first-order chi connectivity index (χ1) is 5.27. The van der Waals surface area contributed by atoms with Gasteiger partial charge in [0.1, 0.15) is 11.8 Å². The Labute approximate surface area is 65.8 Å². The van der Waals surface area contributed by atoms with Gasteiger partial charge >= 0.3 is 0 Å². The summed E-state index contributed by atoms with van der Waals surface area (Å²) in [4.78, 5) is 2.83. The van der Waals surface area contributed by atoms with Crippen molar-refractivity contribution in [1.29, 1.82) is 5.26 Å². The van der Waals surface area contributed by atoms with E-state index in [1.54, 1.807) is 12.3 Å². The molecular weight excluding hydrogens is 138 g/mol. The van der Waals surface area contributed by atoms with Crippen LogP contribution in [0.5, 0.6) is 0 Å². The van der Waals surface area contributed by atoms with E-state index in [-0.39, 0.29) is 6.04 Å². The predicted molar refractivity (Wildman–Crippen MR) is 42.7 cm³/mol. The van der Waals surface area contributed by atoms with Crippen molar-refractivity contribution in [1.82, 2.24) is 4.98 Å². The second-order valence-electron chi connectivity index (χ2n) is 2.47. The normalized spacial score (nSPS) is 12.5. The molecule has 3 nitrogen and oxygen atoms in total. The number of H-pyrrole nitrogens is 1. The summed E-state index contributed by atoms with van der Waals surface area (Å²) in [6, 6.07) is 3.85. The minimum absolute atomic E-state index is 0.0494. The van der Waals surface area contributed by atoms with Crippen LogP contribution in [-0.2, 0) is 0 Å². The molecule has 1 heterocycles. The molecule has 0 spiro atoms. The van der Waals surface area contributed by atoms with Gasteiger partial charge in [0.25, 0.3) is 0 Å². The Bertz CT molecular complexity index is 269. The van der Waals surface area contributed by atoms with Gasteiger partial charge in [-0.05, 0) is 18.1 Å². The first-order valence-corrected chi connectivity index (χ1v) is 3.62. The molecule has 1 unspecified atom stereocenters. The number of nitrogens with one attached hydrogen (secondary N) is 1.